The van der Waals surface area contributed by atoms with E-state index in [1.165, 1.54) is 0 Å². The van der Waals surface area contributed by atoms with Crippen LogP contribution in [0.4, 0.5) is 17.5 Å². The molecule has 194 valence electrons. The number of anilines is 3. The predicted octanol–water partition coefficient (Wildman–Crippen LogP) is 3.29. The Bertz CT molecular complexity index is 1030. The third-order valence-electron chi connectivity index (χ3n) is 6.74. The molecule has 2 fully saturated rings. The molecule has 1 aromatic heterocycles. The van der Waals surface area contributed by atoms with Crippen LogP contribution in [0.25, 0.3) is 0 Å². The Hall–Kier alpha value is -3.56. The standard InChI is InChI=1S/C26H36N6O4/c1-19(33)31-14-8-20(9-15-31)18-28-24-7-11-27-26(30-24)29-21-5-6-22(35-2)23(17-21)36-16-10-25(34)32-12-3-4-13-32/h5-7,11,17,20H,3-4,8-10,12-16,18H2,1-2H3,(H2,27,28,29,30). The van der Waals surface area contributed by atoms with Crippen LogP contribution in [0, 0.1) is 5.92 Å². The van der Waals surface area contributed by atoms with Gasteiger partial charge in [-0.15, -0.1) is 0 Å². The summed E-state index contributed by atoms with van der Waals surface area (Å²) in [6.45, 7) is 6.03. The molecule has 2 saturated heterocycles. The Labute approximate surface area is 212 Å². The molecule has 0 atom stereocenters. The van der Waals surface area contributed by atoms with Gasteiger partial charge in [-0.05, 0) is 49.8 Å². The lowest BCUT2D eigenvalue weighted by Gasteiger charge is -2.31. The molecule has 3 heterocycles. The molecule has 10 nitrogen and oxygen atoms in total. The molecule has 0 spiro atoms. The summed E-state index contributed by atoms with van der Waals surface area (Å²) in [4.78, 5) is 36.5. The van der Waals surface area contributed by atoms with Crippen molar-refractivity contribution in [3.8, 4) is 11.5 Å². The second kappa shape index (κ2) is 12.4. The van der Waals surface area contributed by atoms with Gasteiger partial charge in [0, 0.05) is 57.6 Å². The van der Waals surface area contributed by atoms with Gasteiger partial charge in [-0.2, -0.15) is 4.98 Å². The molecule has 1 aromatic carbocycles. The van der Waals surface area contributed by atoms with Crippen LogP contribution < -0.4 is 20.1 Å². The minimum atomic E-state index is 0.128. The molecule has 2 amide bonds. The molecule has 2 aliphatic rings. The van der Waals surface area contributed by atoms with Gasteiger partial charge in [0.05, 0.1) is 20.1 Å². The molecule has 2 N–H and O–H groups in total. The number of carbonyl (C=O) groups excluding carboxylic acids is 2. The van der Waals surface area contributed by atoms with Crippen LogP contribution in [0.3, 0.4) is 0 Å². The molecule has 36 heavy (non-hydrogen) atoms. The van der Waals surface area contributed by atoms with Crippen LogP contribution in [-0.4, -0.2) is 78.0 Å². The Balaban J connectivity index is 1.30. The summed E-state index contributed by atoms with van der Waals surface area (Å²) in [5, 5.41) is 6.62. The monoisotopic (exact) mass is 496 g/mol. The summed E-state index contributed by atoms with van der Waals surface area (Å²) in [5.41, 5.74) is 0.755. The molecule has 0 unspecified atom stereocenters. The number of nitrogens with one attached hydrogen (secondary N) is 2. The predicted molar refractivity (Wildman–Crippen MR) is 138 cm³/mol. The van der Waals surface area contributed by atoms with Crippen molar-refractivity contribution in [1.29, 1.82) is 0 Å². The van der Waals surface area contributed by atoms with Gasteiger partial charge in [0.15, 0.2) is 11.5 Å². The first-order chi connectivity index (χ1) is 17.5. The summed E-state index contributed by atoms with van der Waals surface area (Å²) in [7, 11) is 1.59. The Kier molecular flexibility index (Phi) is 8.80. The molecule has 2 aromatic rings. The number of methoxy groups -OCH3 is 1. The fourth-order valence-electron chi connectivity index (χ4n) is 4.59. The summed E-state index contributed by atoms with van der Waals surface area (Å²) < 4.78 is 11.3. The van der Waals surface area contributed by atoms with Crippen LogP contribution >= 0.6 is 0 Å². The number of piperidine rings is 1. The third kappa shape index (κ3) is 6.99. The van der Waals surface area contributed by atoms with Gasteiger partial charge in [-0.1, -0.05) is 0 Å². The van der Waals surface area contributed by atoms with E-state index < -0.39 is 0 Å². The lowest BCUT2D eigenvalue weighted by atomic mass is 9.97. The van der Waals surface area contributed by atoms with E-state index >= 15 is 0 Å². The third-order valence-corrected chi connectivity index (χ3v) is 6.74. The number of hydrogen-bond acceptors (Lipinski definition) is 8. The van der Waals surface area contributed by atoms with Crippen LogP contribution in [0.1, 0.15) is 39.0 Å². The normalized spacial score (nSPS) is 16.1. The maximum atomic E-state index is 12.3. The number of rotatable bonds is 10. The van der Waals surface area contributed by atoms with E-state index in [-0.39, 0.29) is 18.4 Å². The highest BCUT2D eigenvalue weighted by molar-refractivity contribution is 5.76. The topological polar surface area (TPSA) is 109 Å². The number of aromatic nitrogens is 2. The highest BCUT2D eigenvalue weighted by atomic mass is 16.5. The van der Waals surface area contributed by atoms with Gasteiger partial charge in [-0.25, -0.2) is 4.98 Å². The smallest absolute Gasteiger partial charge is 0.229 e. The van der Waals surface area contributed by atoms with Crippen molar-refractivity contribution in [3.63, 3.8) is 0 Å². The molecular formula is C26H36N6O4. The fourth-order valence-corrected chi connectivity index (χ4v) is 4.59. The molecule has 4 rings (SSSR count). The van der Waals surface area contributed by atoms with Gasteiger partial charge in [0.2, 0.25) is 17.8 Å². The zero-order chi connectivity index (χ0) is 25.3. The van der Waals surface area contributed by atoms with Crippen molar-refractivity contribution in [2.45, 2.75) is 39.0 Å². The molecule has 0 bridgehead atoms. The first-order valence-electron chi connectivity index (χ1n) is 12.7. The minimum Gasteiger partial charge on any atom is -0.493 e. The van der Waals surface area contributed by atoms with E-state index in [9.17, 15) is 9.59 Å². The number of benzene rings is 1. The zero-order valence-electron chi connectivity index (χ0n) is 21.2. The fraction of sp³-hybridized carbons (Fsp3) is 0.538. The van der Waals surface area contributed by atoms with Crippen molar-refractivity contribution >= 4 is 29.3 Å². The Morgan fingerprint density at radius 2 is 1.83 bits per heavy atom. The van der Waals surface area contributed by atoms with Crippen molar-refractivity contribution in [3.05, 3.63) is 30.5 Å². The van der Waals surface area contributed by atoms with Crippen LogP contribution in [0.2, 0.25) is 0 Å². The minimum absolute atomic E-state index is 0.128. The average molecular weight is 497 g/mol. The molecule has 2 aliphatic heterocycles. The van der Waals surface area contributed by atoms with E-state index in [0.717, 1.165) is 69.9 Å². The Morgan fingerprint density at radius 3 is 2.56 bits per heavy atom. The number of likely N-dealkylation sites (tertiary alicyclic amines) is 2. The zero-order valence-corrected chi connectivity index (χ0v) is 21.2. The van der Waals surface area contributed by atoms with E-state index in [1.807, 2.05) is 34.1 Å². The summed E-state index contributed by atoms with van der Waals surface area (Å²) in [6.07, 6.45) is 6.18. The number of nitrogens with zero attached hydrogens (tertiary/aromatic N) is 4. The van der Waals surface area contributed by atoms with Gasteiger partial charge in [0.25, 0.3) is 0 Å². The van der Waals surface area contributed by atoms with Gasteiger partial charge in [0.1, 0.15) is 5.82 Å². The molecule has 0 saturated carbocycles. The van der Waals surface area contributed by atoms with E-state index in [2.05, 4.69) is 20.6 Å². The number of amides is 2. The van der Waals surface area contributed by atoms with E-state index in [0.29, 0.717) is 29.8 Å². The number of hydrogen-bond donors (Lipinski definition) is 2. The van der Waals surface area contributed by atoms with Gasteiger partial charge < -0.3 is 29.9 Å². The lowest BCUT2D eigenvalue weighted by Crippen LogP contribution is -2.38. The highest BCUT2D eigenvalue weighted by Gasteiger charge is 2.21. The molecule has 0 aliphatic carbocycles. The molecular weight excluding hydrogens is 460 g/mol. The second-order valence-corrected chi connectivity index (χ2v) is 9.27. The second-order valence-electron chi connectivity index (χ2n) is 9.27. The number of carbonyl (C=O) groups is 2. The highest BCUT2D eigenvalue weighted by Crippen LogP contribution is 2.31. The SMILES string of the molecule is COc1ccc(Nc2nccc(NCC3CCN(C(C)=O)CC3)n2)cc1OCCC(=O)N1CCCC1. The van der Waals surface area contributed by atoms with Crippen LogP contribution in [0.5, 0.6) is 11.5 Å². The first kappa shape index (κ1) is 25.5. The van der Waals surface area contributed by atoms with Crippen molar-refractivity contribution in [1.82, 2.24) is 19.8 Å². The summed E-state index contributed by atoms with van der Waals surface area (Å²) in [6, 6.07) is 7.35. The summed E-state index contributed by atoms with van der Waals surface area (Å²) in [5.74, 6) is 3.15. The van der Waals surface area contributed by atoms with Crippen molar-refractivity contribution < 1.29 is 19.1 Å². The summed E-state index contributed by atoms with van der Waals surface area (Å²) >= 11 is 0. The number of ether oxygens (including phenoxy) is 2. The maximum absolute atomic E-state index is 12.3. The Morgan fingerprint density at radius 1 is 1.06 bits per heavy atom. The largest absolute Gasteiger partial charge is 0.493 e. The quantitative estimate of drug-likeness (QED) is 0.516. The van der Waals surface area contributed by atoms with Crippen LogP contribution in [0.15, 0.2) is 30.5 Å². The van der Waals surface area contributed by atoms with Crippen LogP contribution in [-0.2, 0) is 9.59 Å². The van der Waals surface area contributed by atoms with Crippen molar-refractivity contribution in [2.24, 2.45) is 5.92 Å². The van der Waals surface area contributed by atoms with Gasteiger partial charge in [-0.3, -0.25) is 9.59 Å². The van der Waals surface area contributed by atoms with E-state index in [4.69, 9.17) is 9.47 Å². The van der Waals surface area contributed by atoms with Gasteiger partial charge >= 0.3 is 0 Å². The lowest BCUT2D eigenvalue weighted by molar-refractivity contribution is -0.131. The van der Waals surface area contributed by atoms with Crippen molar-refractivity contribution in [2.75, 3.05) is 57.1 Å². The first-order valence-corrected chi connectivity index (χ1v) is 12.7. The molecule has 10 heteroatoms. The molecule has 0 radical (unpaired) electrons. The van der Waals surface area contributed by atoms with E-state index in [1.54, 1.807) is 20.2 Å². The average Bonchev–Trinajstić information content (AvgIpc) is 3.43. The maximum Gasteiger partial charge on any atom is 0.229 e.